The first kappa shape index (κ1) is 11.9. The van der Waals surface area contributed by atoms with E-state index in [1.54, 1.807) is 0 Å². The molecule has 1 heterocycles. The summed E-state index contributed by atoms with van der Waals surface area (Å²) < 4.78 is 4.93. The fourth-order valence-electron chi connectivity index (χ4n) is 1.06. The fourth-order valence-corrected chi connectivity index (χ4v) is 1.63. The SMILES string of the molecule is O=C(O)CSCCNC(=O)C1=COCC1. The van der Waals surface area contributed by atoms with Crippen molar-refractivity contribution in [3.63, 3.8) is 0 Å². The van der Waals surface area contributed by atoms with E-state index in [0.29, 0.717) is 30.9 Å². The van der Waals surface area contributed by atoms with Crippen LogP contribution in [0.3, 0.4) is 0 Å². The number of carbonyl (C=O) groups excluding carboxylic acids is 1. The molecular formula is C9H13NO4S. The number of rotatable bonds is 6. The lowest BCUT2D eigenvalue weighted by atomic mass is 10.2. The van der Waals surface area contributed by atoms with Crippen molar-refractivity contribution in [1.82, 2.24) is 5.32 Å². The van der Waals surface area contributed by atoms with E-state index in [1.807, 2.05) is 0 Å². The Balaban J connectivity index is 2.04. The Bertz CT molecular complexity index is 277. The minimum absolute atomic E-state index is 0.0711. The van der Waals surface area contributed by atoms with Crippen LogP contribution >= 0.6 is 11.8 Å². The second-order valence-electron chi connectivity index (χ2n) is 2.97. The summed E-state index contributed by atoms with van der Waals surface area (Å²) in [6.07, 6.45) is 2.12. The Morgan fingerprint density at radius 2 is 2.40 bits per heavy atom. The van der Waals surface area contributed by atoms with E-state index in [9.17, 15) is 9.59 Å². The molecule has 0 radical (unpaired) electrons. The van der Waals surface area contributed by atoms with Crippen LogP contribution in [0.2, 0.25) is 0 Å². The molecule has 84 valence electrons. The van der Waals surface area contributed by atoms with Gasteiger partial charge in [0, 0.05) is 18.7 Å². The molecule has 0 aromatic carbocycles. The van der Waals surface area contributed by atoms with Gasteiger partial charge in [0.2, 0.25) is 5.91 Å². The zero-order chi connectivity index (χ0) is 11.1. The summed E-state index contributed by atoms with van der Waals surface area (Å²) in [4.78, 5) is 21.5. The first-order valence-corrected chi connectivity index (χ1v) is 5.74. The quantitative estimate of drug-likeness (QED) is 0.640. The van der Waals surface area contributed by atoms with Crippen molar-refractivity contribution in [3.05, 3.63) is 11.8 Å². The maximum atomic E-state index is 11.4. The highest BCUT2D eigenvalue weighted by atomic mass is 32.2. The molecule has 0 bridgehead atoms. The van der Waals surface area contributed by atoms with E-state index in [-0.39, 0.29) is 11.7 Å². The zero-order valence-electron chi connectivity index (χ0n) is 8.19. The predicted molar refractivity (Wildman–Crippen MR) is 56.6 cm³/mol. The minimum Gasteiger partial charge on any atom is -0.500 e. The third-order valence-corrected chi connectivity index (χ3v) is 2.71. The lowest BCUT2D eigenvalue weighted by Gasteiger charge is -2.03. The van der Waals surface area contributed by atoms with Crippen LogP contribution in [0.5, 0.6) is 0 Å². The van der Waals surface area contributed by atoms with Crippen molar-refractivity contribution < 1.29 is 19.4 Å². The number of nitrogens with one attached hydrogen (secondary N) is 1. The van der Waals surface area contributed by atoms with Crippen LogP contribution in [0, 0.1) is 0 Å². The van der Waals surface area contributed by atoms with Crippen molar-refractivity contribution >= 4 is 23.6 Å². The lowest BCUT2D eigenvalue weighted by molar-refractivity contribution is -0.133. The van der Waals surface area contributed by atoms with Gasteiger partial charge in [-0.2, -0.15) is 0 Å². The van der Waals surface area contributed by atoms with E-state index in [1.165, 1.54) is 18.0 Å². The molecule has 1 amide bonds. The normalized spacial score (nSPS) is 14.3. The molecule has 6 heteroatoms. The Hall–Kier alpha value is -1.17. The van der Waals surface area contributed by atoms with E-state index < -0.39 is 5.97 Å². The highest BCUT2D eigenvalue weighted by Crippen LogP contribution is 2.09. The predicted octanol–water partition coefficient (Wildman–Crippen LogP) is 0.225. The monoisotopic (exact) mass is 231 g/mol. The molecule has 0 fully saturated rings. The van der Waals surface area contributed by atoms with Crippen LogP contribution in [0.4, 0.5) is 0 Å². The molecule has 1 aliphatic heterocycles. The molecule has 1 rings (SSSR count). The summed E-state index contributed by atoms with van der Waals surface area (Å²) in [5.74, 6) is -0.282. The van der Waals surface area contributed by atoms with Gasteiger partial charge < -0.3 is 15.2 Å². The Morgan fingerprint density at radius 3 is 3.00 bits per heavy atom. The maximum Gasteiger partial charge on any atom is 0.313 e. The summed E-state index contributed by atoms with van der Waals surface area (Å²) in [7, 11) is 0. The smallest absolute Gasteiger partial charge is 0.313 e. The molecular weight excluding hydrogens is 218 g/mol. The third-order valence-electron chi connectivity index (χ3n) is 1.76. The van der Waals surface area contributed by atoms with Gasteiger partial charge in [0.15, 0.2) is 0 Å². The Kier molecular flexibility index (Phi) is 5.03. The number of carboxylic acid groups (broad SMARTS) is 1. The van der Waals surface area contributed by atoms with Crippen LogP contribution < -0.4 is 5.32 Å². The van der Waals surface area contributed by atoms with Gasteiger partial charge in [0.05, 0.1) is 24.2 Å². The number of carbonyl (C=O) groups is 2. The summed E-state index contributed by atoms with van der Waals surface area (Å²) in [5, 5.41) is 11.1. The van der Waals surface area contributed by atoms with E-state index >= 15 is 0 Å². The average Bonchev–Trinajstić information content (AvgIpc) is 2.69. The van der Waals surface area contributed by atoms with Crippen molar-refractivity contribution in [2.24, 2.45) is 0 Å². The molecule has 5 nitrogen and oxygen atoms in total. The van der Waals surface area contributed by atoms with E-state index in [0.717, 1.165) is 0 Å². The second kappa shape index (κ2) is 6.34. The number of aliphatic carboxylic acids is 1. The largest absolute Gasteiger partial charge is 0.500 e. The molecule has 0 aromatic rings. The van der Waals surface area contributed by atoms with E-state index in [2.05, 4.69) is 5.32 Å². The molecule has 0 aromatic heterocycles. The topological polar surface area (TPSA) is 75.6 Å². The van der Waals surface area contributed by atoms with Gasteiger partial charge in [-0.25, -0.2) is 0 Å². The van der Waals surface area contributed by atoms with Gasteiger partial charge in [-0.1, -0.05) is 0 Å². The molecule has 0 saturated carbocycles. The lowest BCUT2D eigenvalue weighted by Crippen LogP contribution is -2.27. The van der Waals surface area contributed by atoms with Gasteiger partial charge >= 0.3 is 5.97 Å². The van der Waals surface area contributed by atoms with Gasteiger partial charge in [0.1, 0.15) is 0 Å². The molecule has 0 unspecified atom stereocenters. The molecule has 0 aliphatic carbocycles. The van der Waals surface area contributed by atoms with Crippen molar-refractivity contribution in [2.75, 3.05) is 24.7 Å². The zero-order valence-corrected chi connectivity index (χ0v) is 9.01. The van der Waals surface area contributed by atoms with Crippen molar-refractivity contribution in [1.29, 1.82) is 0 Å². The highest BCUT2D eigenvalue weighted by Gasteiger charge is 2.13. The Labute approximate surface area is 91.9 Å². The van der Waals surface area contributed by atoms with Gasteiger partial charge in [-0.15, -0.1) is 11.8 Å². The maximum absolute atomic E-state index is 11.4. The molecule has 0 saturated heterocycles. The van der Waals surface area contributed by atoms with Crippen molar-refractivity contribution in [2.45, 2.75) is 6.42 Å². The van der Waals surface area contributed by atoms with Crippen LogP contribution in [-0.2, 0) is 14.3 Å². The van der Waals surface area contributed by atoms with Crippen LogP contribution in [0.1, 0.15) is 6.42 Å². The van der Waals surface area contributed by atoms with Gasteiger partial charge in [0.25, 0.3) is 0 Å². The minimum atomic E-state index is -0.835. The molecule has 0 atom stereocenters. The molecule has 0 spiro atoms. The van der Waals surface area contributed by atoms with Crippen molar-refractivity contribution in [3.8, 4) is 0 Å². The molecule has 1 aliphatic rings. The number of thioether (sulfide) groups is 1. The molecule has 2 N–H and O–H groups in total. The summed E-state index contributed by atoms with van der Waals surface area (Å²) in [6.45, 7) is 1.05. The second-order valence-corrected chi connectivity index (χ2v) is 4.07. The number of carboxylic acids is 1. The standard InChI is InChI=1S/C9H13NO4S/c11-8(12)6-15-4-2-10-9(13)7-1-3-14-5-7/h5H,1-4,6H2,(H,10,13)(H,11,12). The average molecular weight is 231 g/mol. The van der Waals surface area contributed by atoms with Gasteiger partial charge in [-0.3, -0.25) is 9.59 Å². The number of hydrogen-bond donors (Lipinski definition) is 2. The summed E-state index contributed by atoms with van der Waals surface area (Å²) in [5.41, 5.74) is 0.651. The van der Waals surface area contributed by atoms with Crippen LogP contribution in [-0.4, -0.2) is 41.6 Å². The first-order valence-electron chi connectivity index (χ1n) is 4.58. The number of amides is 1. The highest BCUT2D eigenvalue weighted by molar-refractivity contribution is 7.99. The van der Waals surface area contributed by atoms with Gasteiger partial charge in [-0.05, 0) is 0 Å². The fraction of sp³-hybridized carbons (Fsp3) is 0.556. The number of ether oxygens (including phenoxy) is 1. The first-order chi connectivity index (χ1) is 7.20. The number of hydrogen-bond acceptors (Lipinski definition) is 4. The molecule has 15 heavy (non-hydrogen) atoms. The summed E-state index contributed by atoms with van der Waals surface area (Å²) >= 11 is 1.28. The van der Waals surface area contributed by atoms with Crippen LogP contribution in [0.15, 0.2) is 11.8 Å². The third kappa shape index (κ3) is 4.73. The van der Waals surface area contributed by atoms with E-state index in [4.69, 9.17) is 9.84 Å². The Morgan fingerprint density at radius 1 is 1.60 bits per heavy atom. The van der Waals surface area contributed by atoms with Crippen LogP contribution in [0.25, 0.3) is 0 Å². The summed E-state index contributed by atoms with van der Waals surface area (Å²) in [6, 6.07) is 0.